The molecule has 0 aliphatic rings. The summed E-state index contributed by atoms with van der Waals surface area (Å²) in [6.45, 7) is 1.45. The summed E-state index contributed by atoms with van der Waals surface area (Å²) in [5.74, 6) is -0.447. The number of hydrogen-bond donors (Lipinski definition) is 3. The van der Waals surface area contributed by atoms with Gasteiger partial charge in [-0.05, 0) is 60.3 Å². The van der Waals surface area contributed by atoms with E-state index in [-0.39, 0.29) is 27.5 Å². The van der Waals surface area contributed by atoms with E-state index < -0.39 is 26.7 Å². The van der Waals surface area contributed by atoms with Crippen LogP contribution < -0.4 is 10.1 Å². The Kier molecular flexibility index (Phi) is 6.93. The summed E-state index contributed by atoms with van der Waals surface area (Å²) in [5.41, 5.74) is 0.283. The van der Waals surface area contributed by atoms with Gasteiger partial charge < -0.3 is 15.2 Å². The number of amides is 1. The lowest BCUT2D eigenvalue weighted by Gasteiger charge is -2.12. The van der Waals surface area contributed by atoms with Crippen molar-refractivity contribution in [3.8, 4) is 11.5 Å². The summed E-state index contributed by atoms with van der Waals surface area (Å²) in [7, 11) is -3.12. The second-order valence-corrected chi connectivity index (χ2v) is 9.57. The highest BCUT2D eigenvalue weighted by Gasteiger charge is 2.21. The second-order valence-electron chi connectivity index (χ2n) is 7.77. The summed E-state index contributed by atoms with van der Waals surface area (Å²) < 4.78 is 38.7. The molecule has 0 saturated carbocycles. The standard InChI is InChI=1S/C25H20ClN3O6S/c1-14-11-16(26)13-21(24(14)36(32,33)34)28-29-22-19-6-4-3-5-15(19)12-20(23(22)30)25(31)27-17-7-9-18(35-2)10-8-17/h3-13,30H,1-2H3,(H,27,31)(H,32,33,34). The Morgan fingerprint density at radius 1 is 1.03 bits per heavy atom. The molecule has 4 aromatic carbocycles. The Morgan fingerprint density at radius 3 is 2.39 bits per heavy atom. The number of carbonyl (C=O) groups excluding carboxylic acids is 1. The zero-order valence-corrected chi connectivity index (χ0v) is 20.6. The molecular weight excluding hydrogens is 506 g/mol. The van der Waals surface area contributed by atoms with E-state index in [1.807, 2.05) is 0 Å². The quantitative estimate of drug-likeness (QED) is 0.196. The molecule has 1 amide bonds. The lowest BCUT2D eigenvalue weighted by molar-refractivity contribution is 0.102. The number of anilines is 1. The Balaban J connectivity index is 1.82. The second kappa shape index (κ2) is 9.94. The maximum absolute atomic E-state index is 13.0. The first-order valence-corrected chi connectivity index (χ1v) is 12.3. The van der Waals surface area contributed by atoms with E-state index in [0.717, 1.165) is 0 Å². The zero-order valence-electron chi connectivity index (χ0n) is 19.1. The van der Waals surface area contributed by atoms with Crippen molar-refractivity contribution in [3.05, 3.63) is 82.9 Å². The monoisotopic (exact) mass is 525 g/mol. The molecule has 0 atom stereocenters. The third-order valence-corrected chi connectivity index (χ3v) is 6.59. The largest absolute Gasteiger partial charge is 0.505 e. The number of azo groups is 1. The van der Waals surface area contributed by atoms with Gasteiger partial charge in [-0.15, -0.1) is 10.2 Å². The molecule has 4 rings (SSSR count). The first-order valence-electron chi connectivity index (χ1n) is 10.5. The molecule has 0 heterocycles. The van der Waals surface area contributed by atoms with Crippen LogP contribution in [-0.2, 0) is 10.1 Å². The van der Waals surface area contributed by atoms with E-state index in [0.29, 0.717) is 22.2 Å². The van der Waals surface area contributed by atoms with Crippen LogP contribution in [0, 0.1) is 6.92 Å². The normalized spacial score (nSPS) is 11.7. The van der Waals surface area contributed by atoms with Gasteiger partial charge in [-0.25, -0.2) is 0 Å². The molecule has 0 saturated heterocycles. The zero-order chi connectivity index (χ0) is 26.0. The number of ether oxygens (including phenoxy) is 1. The summed E-state index contributed by atoms with van der Waals surface area (Å²) in [4.78, 5) is 12.6. The maximum Gasteiger partial charge on any atom is 0.297 e. The minimum absolute atomic E-state index is 0.0631. The molecule has 0 unspecified atom stereocenters. The van der Waals surface area contributed by atoms with Crippen LogP contribution in [0.5, 0.6) is 11.5 Å². The lowest BCUT2D eigenvalue weighted by atomic mass is 10.0. The molecule has 9 nitrogen and oxygen atoms in total. The van der Waals surface area contributed by atoms with Crippen LogP contribution >= 0.6 is 11.6 Å². The number of methoxy groups -OCH3 is 1. The van der Waals surface area contributed by atoms with Gasteiger partial charge in [0.1, 0.15) is 22.0 Å². The van der Waals surface area contributed by atoms with Crippen molar-refractivity contribution in [3.63, 3.8) is 0 Å². The number of nitrogens with one attached hydrogen (secondary N) is 1. The minimum atomic E-state index is -4.65. The maximum atomic E-state index is 13.0. The molecular formula is C25H20ClN3O6S. The molecule has 11 heteroatoms. The van der Waals surface area contributed by atoms with Crippen molar-refractivity contribution in [2.45, 2.75) is 11.8 Å². The van der Waals surface area contributed by atoms with Gasteiger partial charge in [0.05, 0.1) is 12.7 Å². The van der Waals surface area contributed by atoms with E-state index in [4.69, 9.17) is 16.3 Å². The van der Waals surface area contributed by atoms with Crippen LogP contribution in [-0.4, -0.2) is 31.1 Å². The van der Waals surface area contributed by atoms with Crippen molar-refractivity contribution < 1.29 is 27.6 Å². The summed E-state index contributed by atoms with van der Waals surface area (Å²) in [5, 5.41) is 23.0. The molecule has 4 aromatic rings. The van der Waals surface area contributed by atoms with E-state index in [1.54, 1.807) is 48.5 Å². The predicted octanol–water partition coefficient (Wildman–Crippen LogP) is 6.43. The first-order chi connectivity index (χ1) is 17.1. The van der Waals surface area contributed by atoms with E-state index in [9.17, 15) is 22.9 Å². The van der Waals surface area contributed by atoms with Crippen LogP contribution in [0.1, 0.15) is 15.9 Å². The molecule has 0 aliphatic heterocycles. The smallest absolute Gasteiger partial charge is 0.297 e. The van der Waals surface area contributed by atoms with Crippen molar-refractivity contribution in [2.24, 2.45) is 10.2 Å². The van der Waals surface area contributed by atoms with Gasteiger partial charge >= 0.3 is 0 Å². The van der Waals surface area contributed by atoms with E-state index in [1.165, 1.54) is 32.2 Å². The Hall–Kier alpha value is -3.99. The number of phenolic OH excluding ortho intramolecular Hbond substituents is 1. The molecule has 0 radical (unpaired) electrons. The number of nitrogens with zero attached hydrogens (tertiary/aromatic N) is 2. The number of fused-ring (bicyclic) bond motifs is 1. The highest BCUT2D eigenvalue weighted by atomic mass is 35.5. The highest BCUT2D eigenvalue weighted by Crippen LogP contribution is 2.41. The minimum Gasteiger partial charge on any atom is -0.505 e. The van der Waals surface area contributed by atoms with Gasteiger partial charge in [0.15, 0.2) is 5.75 Å². The van der Waals surface area contributed by atoms with Crippen LogP contribution in [0.2, 0.25) is 5.02 Å². The highest BCUT2D eigenvalue weighted by molar-refractivity contribution is 7.86. The molecule has 184 valence electrons. The first kappa shape index (κ1) is 25.1. The summed E-state index contributed by atoms with van der Waals surface area (Å²) >= 11 is 6.05. The number of phenols is 1. The van der Waals surface area contributed by atoms with Gasteiger partial charge in [0.2, 0.25) is 0 Å². The Bertz CT molecular complexity index is 1620. The topological polar surface area (TPSA) is 138 Å². The molecule has 0 aromatic heterocycles. The van der Waals surface area contributed by atoms with E-state index >= 15 is 0 Å². The van der Waals surface area contributed by atoms with Crippen molar-refractivity contribution in [2.75, 3.05) is 12.4 Å². The number of benzene rings is 4. The van der Waals surface area contributed by atoms with Gasteiger partial charge in [0, 0.05) is 16.1 Å². The number of hydrogen-bond acceptors (Lipinski definition) is 7. The van der Waals surface area contributed by atoms with Crippen molar-refractivity contribution >= 4 is 55.5 Å². The lowest BCUT2D eigenvalue weighted by Crippen LogP contribution is -2.12. The SMILES string of the molecule is COc1ccc(NC(=O)c2cc3ccccc3c(N=Nc3cc(Cl)cc(C)c3S(=O)(=O)O)c2O)cc1. The fourth-order valence-corrected chi connectivity index (χ4v) is 4.79. The van der Waals surface area contributed by atoms with Gasteiger partial charge in [-0.1, -0.05) is 35.9 Å². The molecule has 3 N–H and O–H groups in total. The third-order valence-electron chi connectivity index (χ3n) is 5.32. The fraction of sp³-hybridized carbons (Fsp3) is 0.0800. The van der Waals surface area contributed by atoms with Crippen LogP contribution in [0.15, 0.2) is 81.9 Å². The van der Waals surface area contributed by atoms with Crippen molar-refractivity contribution in [1.82, 2.24) is 0 Å². The summed E-state index contributed by atoms with van der Waals surface area (Å²) in [6.07, 6.45) is 0. The van der Waals surface area contributed by atoms with Gasteiger partial charge in [-0.2, -0.15) is 8.42 Å². The predicted molar refractivity (Wildman–Crippen MR) is 137 cm³/mol. The average Bonchev–Trinajstić information content (AvgIpc) is 2.82. The third kappa shape index (κ3) is 5.15. The number of carbonyl (C=O) groups is 1. The number of aryl methyl sites for hydroxylation is 1. The van der Waals surface area contributed by atoms with Crippen LogP contribution in [0.25, 0.3) is 10.8 Å². The molecule has 0 fully saturated rings. The van der Waals surface area contributed by atoms with Gasteiger partial charge in [0.25, 0.3) is 16.0 Å². The molecule has 0 spiro atoms. The number of halogens is 1. The number of aromatic hydroxyl groups is 1. The molecule has 0 aliphatic carbocycles. The van der Waals surface area contributed by atoms with Crippen LogP contribution in [0.3, 0.4) is 0 Å². The molecule has 0 bridgehead atoms. The average molecular weight is 526 g/mol. The number of rotatable bonds is 6. The Morgan fingerprint density at radius 2 is 1.72 bits per heavy atom. The van der Waals surface area contributed by atoms with Gasteiger partial charge in [-0.3, -0.25) is 9.35 Å². The fourth-order valence-electron chi connectivity index (χ4n) is 3.69. The van der Waals surface area contributed by atoms with E-state index in [2.05, 4.69) is 15.5 Å². The Labute approximate surface area is 211 Å². The molecule has 36 heavy (non-hydrogen) atoms. The van der Waals surface area contributed by atoms with Crippen molar-refractivity contribution in [1.29, 1.82) is 0 Å². The van der Waals surface area contributed by atoms with Crippen LogP contribution in [0.4, 0.5) is 17.1 Å². The summed E-state index contributed by atoms with van der Waals surface area (Å²) in [6, 6.07) is 17.6.